The fourth-order valence-electron chi connectivity index (χ4n) is 6.55. The summed E-state index contributed by atoms with van der Waals surface area (Å²) in [5.41, 5.74) is 0.452. The lowest BCUT2D eigenvalue weighted by molar-refractivity contribution is -0.870. The molecule has 1 N–H and O–H groups in total. The summed E-state index contributed by atoms with van der Waals surface area (Å²) >= 11 is 0. The quantitative estimate of drug-likeness (QED) is 0.244. The number of carbonyl (C=O) groups excluding carboxylic acids is 1. The molecule has 10 nitrogen and oxygen atoms in total. The average Bonchev–Trinajstić information content (AvgIpc) is 3.68. The van der Waals surface area contributed by atoms with Crippen molar-refractivity contribution in [1.82, 2.24) is 9.80 Å². The number of rotatable bonds is 15. The number of aliphatic carboxylic acids is 1. The minimum absolute atomic E-state index is 0.0698. The molecule has 3 heterocycles. The number of benzene rings is 1. The van der Waals surface area contributed by atoms with Gasteiger partial charge in [-0.05, 0) is 43.4 Å². The van der Waals surface area contributed by atoms with E-state index in [0.29, 0.717) is 37.7 Å². The van der Waals surface area contributed by atoms with Crippen LogP contribution in [0.1, 0.15) is 64.4 Å². The van der Waals surface area contributed by atoms with E-state index in [9.17, 15) is 14.7 Å². The van der Waals surface area contributed by atoms with Crippen LogP contribution >= 0.6 is 0 Å². The van der Waals surface area contributed by atoms with Crippen LogP contribution in [0.2, 0.25) is 0 Å². The minimum Gasteiger partial charge on any atom is -0.481 e. The van der Waals surface area contributed by atoms with E-state index >= 15 is 0 Å². The molecule has 2 fully saturated rings. The molecule has 0 aromatic heterocycles. The number of unbranched alkanes of at least 4 members (excludes halogenated alkanes) is 2. The van der Waals surface area contributed by atoms with E-state index < -0.39 is 23.6 Å². The Balaban J connectivity index is 1.57. The number of fused-ring (bicyclic) bond motifs is 1. The van der Waals surface area contributed by atoms with Crippen LogP contribution in [-0.4, -0.2) is 117 Å². The Labute approximate surface area is 251 Å². The van der Waals surface area contributed by atoms with Crippen molar-refractivity contribution in [3.8, 4) is 11.5 Å². The largest absolute Gasteiger partial charge is 0.481 e. The maximum atomic E-state index is 13.9. The van der Waals surface area contributed by atoms with Crippen molar-refractivity contribution in [1.29, 1.82) is 0 Å². The molecule has 1 aromatic carbocycles. The summed E-state index contributed by atoms with van der Waals surface area (Å²) in [7, 11) is 6.56. The maximum absolute atomic E-state index is 13.9. The van der Waals surface area contributed by atoms with E-state index in [4.69, 9.17) is 18.9 Å². The lowest BCUT2D eigenvalue weighted by Crippen LogP contribution is -2.47. The summed E-state index contributed by atoms with van der Waals surface area (Å²) in [6.07, 6.45) is 4.09. The van der Waals surface area contributed by atoms with Gasteiger partial charge < -0.3 is 33.4 Å². The zero-order valence-electron chi connectivity index (χ0n) is 26.5. The SMILES string of the molecule is CCCCN(CCCC[N+](C)(C)C)C(=O)CN1CC(c2ccc3c(c2)OCO3)C(C(=O)O)C1CC(C)(C)C1OCCO1. The highest BCUT2D eigenvalue weighted by Gasteiger charge is 2.50. The molecule has 2 saturated heterocycles. The number of likely N-dealkylation sites (tertiary alicyclic amines) is 1. The Hall–Kier alpha value is -2.40. The van der Waals surface area contributed by atoms with Crippen LogP contribution in [0.4, 0.5) is 0 Å². The molecule has 3 aliphatic rings. The number of ether oxygens (including phenoxy) is 4. The number of carbonyl (C=O) groups is 2. The van der Waals surface area contributed by atoms with Crippen molar-refractivity contribution in [2.45, 2.75) is 71.1 Å². The van der Waals surface area contributed by atoms with Crippen LogP contribution in [0.3, 0.4) is 0 Å². The molecule has 42 heavy (non-hydrogen) atoms. The Morgan fingerprint density at radius 2 is 1.74 bits per heavy atom. The number of carboxylic acid groups (broad SMARTS) is 1. The Bertz CT molecular complexity index is 1070. The topological polar surface area (TPSA) is 97.8 Å². The minimum atomic E-state index is -0.857. The van der Waals surface area contributed by atoms with Gasteiger partial charge in [-0.1, -0.05) is 33.3 Å². The van der Waals surface area contributed by atoms with Crippen LogP contribution in [0, 0.1) is 11.3 Å². The van der Waals surface area contributed by atoms with Gasteiger partial charge >= 0.3 is 5.97 Å². The molecule has 0 spiro atoms. The zero-order chi connectivity index (χ0) is 30.5. The third kappa shape index (κ3) is 8.15. The monoisotopic (exact) mass is 590 g/mol. The van der Waals surface area contributed by atoms with Gasteiger partial charge in [0, 0.05) is 37.0 Å². The molecular formula is C32H52N3O7+. The summed E-state index contributed by atoms with van der Waals surface area (Å²) < 4.78 is 23.8. The molecule has 10 heteroatoms. The standard InChI is InChI=1S/C32H51N3O7/c1-7-8-13-33(14-9-10-15-35(4,5)6)28(36)21-34-20-24(23-11-12-26-27(18-23)42-22-41-26)29(30(37)38)25(34)19-32(2,3)31-39-16-17-40-31/h11-12,18,24-25,29,31H,7-10,13-17,19-22H2,1-6H3/p+1. The van der Waals surface area contributed by atoms with Crippen molar-refractivity contribution in [3.05, 3.63) is 23.8 Å². The molecule has 0 bridgehead atoms. The summed E-state index contributed by atoms with van der Waals surface area (Å²) in [5.74, 6) is -0.488. The lowest BCUT2D eigenvalue weighted by atomic mass is 9.77. The first-order valence-corrected chi connectivity index (χ1v) is 15.6. The first-order chi connectivity index (χ1) is 19.9. The van der Waals surface area contributed by atoms with E-state index in [0.717, 1.165) is 55.4 Å². The molecular weight excluding hydrogens is 538 g/mol. The molecule has 4 rings (SSSR count). The van der Waals surface area contributed by atoms with E-state index in [2.05, 4.69) is 46.8 Å². The van der Waals surface area contributed by atoms with Crippen molar-refractivity contribution in [3.63, 3.8) is 0 Å². The molecule has 1 amide bonds. The molecule has 0 saturated carbocycles. The lowest BCUT2D eigenvalue weighted by Gasteiger charge is -2.37. The number of carboxylic acids is 1. The van der Waals surface area contributed by atoms with E-state index in [1.807, 2.05) is 23.1 Å². The van der Waals surface area contributed by atoms with Gasteiger partial charge in [0.05, 0.1) is 53.4 Å². The highest BCUT2D eigenvalue weighted by molar-refractivity contribution is 5.79. The van der Waals surface area contributed by atoms with Crippen LogP contribution in [0.15, 0.2) is 18.2 Å². The summed E-state index contributed by atoms with van der Waals surface area (Å²) in [6, 6.07) is 5.33. The number of quaternary nitrogens is 1. The Kier molecular flexibility index (Phi) is 10.8. The summed E-state index contributed by atoms with van der Waals surface area (Å²) in [4.78, 5) is 30.9. The summed E-state index contributed by atoms with van der Waals surface area (Å²) in [5, 5.41) is 10.6. The number of amides is 1. The molecule has 3 unspecified atom stereocenters. The van der Waals surface area contributed by atoms with Gasteiger partial charge in [-0.15, -0.1) is 0 Å². The highest BCUT2D eigenvalue weighted by Crippen LogP contribution is 2.46. The first-order valence-electron chi connectivity index (χ1n) is 15.6. The second kappa shape index (κ2) is 13.9. The van der Waals surface area contributed by atoms with Gasteiger partial charge in [0.1, 0.15) is 0 Å². The molecule has 3 atom stereocenters. The van der Waals surface area contributed by atoms with Crippen LogP contribution in [0.25, 0.3) is 0 Å². The molecule has 0 radical (unpaired) electrons. The third-order valence-electron chi connectivity index (χ3n) is 8.83. The highest BCUT2D eigenvalue weighted by atomic mass is 16.7. The van der Waals surface area contributed by atoms with Gasteiger partial charge in [0.2, 0.25) is 12.7 Å². The van der Waals surface area contributed by atoms with Crippen LogP contribution < -0.4 is 9.47 Å². The Morgan fingerprint density at radius 1 is 1.05 bits per heavy atom. The maximum Gasteiger partial charge on any atom is 0.308 e. The molecule has 0 aliphatic carbocycles. The van der Waals surface area contributed by atoms with E-state index in [1.165, 1.54) is 0 Å². The van der Waals surface area contributed by atoms with Crippen molar-refractivity contribution < 1.29 is 38.1 Å². The van der Waals surface area contributed by atoms with Crippen LogP contribution in [-0.2, 0) is 19.1 Å². The van der Waals surface area contributed by atoms with E-state index in [-0.39, 0.29) is 31.2 Å². The van der Waals surface area contributed by atoms with Gasteiger partial charge in [-0.2, -0.15) is 0 Å². The zero-order valence-corrected chi connectivity index (χ0v) is 26.5. The predicted molar refractivity (Wildman–Crippen MR) is 160 cm³/mol. The number of hydrogen-bond donors (Lipinski definition) is 1. The fraction of sp³-hybridized carbons (Fsp3) is 0.750. The number of nitrogens with zero attached hydrogens (tertiary/aromatic N) is 3. The van der Waals surface area contributed by atoms with E-state index in [1.54, 1.807) is 0 Å². The van der Waals surface area contributed by atoms with Gasteiger partial charge in [-0.25, -0.2) is 0 Å². The van der Waals surface area contributed by atoms with Gasteiger partial charge in [-0.3, -0.25) is 14.5 Å². The number of hydrogen-bond acceptors (Lipinski definition) is 7. The normalized spacial score (nSPS) is 23.0. The fourth-order valence-corrected chi connectivity index (χ4v) is 6.55. The Morgan fingerprint density at radius 3 is 2.40 bits per heavy atom. The molecule has 236 valence electrons. The molecule has 3 aliphatic heterocycles. The summed E-state index contributed by atoms with van der Waals surface area (Å²) in [6.45, 7) is 10.7. The van der Waals surface area contributed by atoms with Crippen molar-refractivity contribution in [2.24, 2.45) is 11.3 Å². The third-order valence-corrected chi connectivity index (χ3v) is 8.83. The average molecular weight is 591 g/mol. The predicted octanol–water partition coefficient (Wildman–Crippen LogP) is 3.79. The van der Waals surface area contributed by atoms with Crippen molar-refractivity contribution in [2.75, 3.05) is 73.9 Å². The molecule has 1 aromatic rings. The van der Waals surface area contributed by atoms with Gasteiger partial charge in [0.15, 0.2) is 17.8 Å². The van der Waals surface area contributed by atoms with Crippen LogP contribution in [0.5, 0.6) is 11.5 Å². The second-order valence-corrected chi connectivity index (χ2v) is 13.8. The van der Waals surface area contributed by atoms with Gasteiger partial charge in [0.25, 0.3) is 0 Å². The first kappa shape index (κ1) is 32.5. The van der Waals surface area contributed by atoms with Crippen molar-refractivity contribution >= 4 is 11.9 Å². The second-order valence-electron chi connectivity index (χ2n) is 13.8. The smallest absolute Gasteiger partial charge is 0.308 e.